The van der Waals surface area contributed by atoms with Gasteiger partial charge >= 0.3 is 0 Å². The van der Waals surface area contributed by atoms with Gasteiger partial charge in [-0.05, 0) is 43.2 Å². The van der Waals surface area contributed by atoms with Crippen LogP contribution in [0.25, 0.3) is 0 Å². The number of pyridine rings is 1. The van der Waals surface area contributed by atoms with Crippen molar-refractivity contribution in [3.05, 3.63) is 53.9 Å². The molecule has 0 aliphatic heterocycles. The molecule has 0 aliphatic rings. The van der Waals surface area contributed by atoms with E-state index in [1.165, 1.54) is 0 Å². The average Bonchev–Trinajstić information content (AvgIpc) is 2.54. The monoisotopic (exact) mass is 299 g/mol. The number of hydrogen-bond donors (Lipinski definition) is 2. The first-order valence-electron chi connectivity index (χ1n) is 7.37. The number of aromatic nitrogens is 1. The van der Waals surface area contributed by atoms with Gasteiger partial charge in [0.05, 0.1) is 24.5 Å². The largest absolute Gasteiger partial charge is 0.492 e. The Morgan fingerprint density at radius 1 is 1.32 bits per heavy atom. The lowest BCUT2D eigenvalue weighted by molar-refractivity contribution is -0.121. The molecule has 2 rings (SSSR count). The van der Waals surface area contributed by atoms with Crippen LogP contribution in [0.3, 0.4) is 0 Å². The number of anilines is 1. The predicted octanol–water partition coefficient (Wildman–Crippen LogP) is 2.31. The zero-order chi connectivity index (χ0) is 15.8. The van der Waals surface area contributed by atoms with Crippen LogP contribution >= 0.6 is 0 Å². The second-order valence-corrected chi connectivity index (χ2v) is 4.90. The molecule has 3 N–H and O–H groups in total. The minimum absolute atomic E-state index is 0.00175. The molecule has 0 unspecified atom stereocenters. The minimum atomic E-state index is -0.00175. The molecule has 22 heavy (non-hydrogen) atoms. The highest BCUT2D eigenvalue weighted by atomic mass is 16.5. The van der Waals surface area contributed by atoms with Crippen LogP contribution < -0.4 is 15.8 Å². The fourth-order valence-corrected chi connectivity index (χ4v) is 2.08. The van der Waals surface area contributed by atoms with Gasteiger partial charge in [-0.3, -0.25) is 9.78 Å². The first-order chi connectivity index (χ1) is 10.7. The highest BCUT2D eigenvalue weighted by Gasteiger charge is 2.05. The molecular formula is C17H21N3O2. The quantitative estimate of drug-likeness (QED) is 0.769. The van der Waals surface area contributed by atoms with E-state index in [0.717, 1.165) is 11.3 Å². The number of aryl methyl sites for hydroxylation is 1. The van der Waals surface area contributed by atoms with Gasteiger partial charge in [0.25, 0.3) is 0 Å². The normalized spacial score (nSPS) is 10.2. The van der Waals surface area contributed by atoms with Crippen molar-refractivity contribution in [3.63, 3.8) is 0 Å². The summed E-state index contributed by atoms with van der Waals surface area (Å²) in [5, 5.41) is 2.86. The highest BCUT2D eigenvalue weighted by molar-refractivity contribution is 5.76. The Bertz CT molecular complexity index is 615. The molecule has 0 atom stereocenters. The summed E-state index contributed by atoms with van der Waals surface area (Å²) in [4.78, 5) is 16.0. The summed E-state index contributed by atoms with van der Waals surface area (Å²) in [5.74, 6) is 0.684. The maximum atomic E-state index is 11.8. The Labute approximate surface area is 130 Å². The zero-order valence-corrected chi connectivity index (χ0v) is 12.7. The molecule has 0 saturated carbocycles. The SMILES string of the molecule is CCOc1ccc(CCC(=O)NCc2ccccn2)cc1N. The number of nitrogens with two attached hydrogens (primary N) is 1. The van der Waals surface area contributed by atoms with Crippen LogP contribution in [0.15, 0.2) is 42.6 Å². The smallest absolute Gasteiger partial charge is 0.220 e. The van der Waals surface area contributed by atoms with E-state index >= 15 is 0 Å². The van der Waals surface area contributed by atoms with Crippen LogP contribution in [0.4, 0.5) is 5.69 Å². The molecule has 0 fully saturated rings. The van der Waals surface area contributed by atoms with E-state index in [9.17, 15) is 4.79 Å². The molecule has 116 valence electrons. The number of amides is 1. The molecule has 1 aromatic heterocycles. The molecule has 0 saturated heterocycles. The summed E-state index contributed by atoms with van der Waals surface area (Å²) < 4.78 is 5.39. The third-order valence-corrected chi connectivity index (χ3v) is 3.21. The molecule has 1 heterocycles. The lowest BCUT2D eigenvalue weighted by Crippen LogP contribution is -2.23. The molecule has 1 aromatic carbocycles. The number of nitrogens with zero attached hydrogens (tertiary/aromatic N) is 1. The third-order valence-electron chi connectivity index (χ3n) is 3.21. The summed E-state index contributed by atoms with van der Waals surface area (Å²) in [5.41, 5.74) is 8.39. The molecule has 2 aromatic rings. The van der Waals surface area contributed by atoms with Crippen molar-refractivity contribution in [2.24, 2.45) is 0 Å². The van der Waals surface area contributed by atoms with Gasteiger partial charge in [0, 0.05) is 12.6 Å². The van der Waals surface area contributed by atoms with E-state index in [1.54, 1.807) is 6.20 Å². The second kappa shape index (κ2) is 8.02. The van der Waals surface area contributed by atoms with Gasteiger partial charge in [0.15, 0.2) is 0 Å². The van der Waals surface area contributed by atoms with E-state index in [4.69, 9.17) is 10.5 Å². The van der Waals surface area contributed by atoms with Crippen LogP contribution in [0, 0.1) is 0 Å². The van der Waals surface area contributed by atoms with Crippen molar-refractivity contribution in [1.29, 1.82) is 0 Å². The zero-order valence-electron chi connectivity index (χ0n) is 12.7. The predicted molar refractivity (Wildman–Crippen MR) is 86.4 cm³/mol. The standard InChI is InChI=1S/C17H21N3O2/c1-2-22-16-8-6-13(11-15(16)18)7-9-17(21)20-12-14-5-3-4-10-19-14/h3-6,8,10-11H,2,7,9,12,18H2,1H3,(H,20,21). The number of ether oxygens (including phenoxy) is 1. The van der Waals surface area contributed by atoms with E-state index in [1.807, 2.05) is 43.3 Å². The molecule has 0 spiro atoms. The maximum Gasteiger partial charge on any atom is 0.220 e. The number of carbonyl (C=O) groups excluding carboxylic acids is 1. The first-order valence-corrected chi connectivity index (χ1v) is 7.37. The van der Waals surface area contributed by atoms with Gasteiger partial charge in [-0.25, -0.2) is 0 Å². The molecule has 0 bridgehead atoms. The number of nitrogens with one attached hydrogen (secondary N) is 1. The van der Waals surface area contributed by atoms with Crippen molar-refractivity contribution in [1.82, 2.24) is 10.3 Å². The van der Waals surface area contributed by atoms with Crippen LogP contribution in [0.2, 0.25) is 0 Å². The number of carbonyl (C=O) groups is 1. The second-order valence-electron chi connectivity index (χ2n) is 4.90. The van der Waals surface area contributed by atoms with Gasteiger partial charge in [0.1, 0.15) is 5.75 Å². The number of rotatable bonds is 7. The first kappa shape index (κ1) is 15.8. The molecule has 5 heteroatoms. The number of benzene rings is 1. The van der Waals surface area contributed by atoms with E-state index in [2.05, 4.69) is 10.3 Å². The Morgan fingerprint density at radius 2 is 2.18 bits per heavy atom. The molecule has 5 nitrogen and oxygen atoms in total. The van der Waals surface area contributed by atoms with Crippen LogP contribution in [0.5, 0.6) is 5.75 Å². The lowest BCUT2D eigenvalue weighted by Gasteiger charge is -2.09. The molecular weight excluding hydrogens is 278 g/mol. The van der Waals surface area contributed by atoms with Crippen LogP contribution in [-0.4, -0.2) is 17.5 Å². The molecule has 1 amide bonds. The van der Waals surface area contributed by atoms with E-state index in [-0.39, 0.29) is 5.91 Å². The topological polar surface area (TPSA) is 77.2 Å². The summed E-state index contributed by atoms with van der Waals surface area (Å²) in [6, 6.07) is 11.3. The fraction of sp³-hybridized carbons (Fsp3) is 0.294. The number of hydrogen-bond acceptors (Lipinski definition) is 4. The van der Waals surface area contributed by atoms with Crippen molar-refractivity contribution in [2.45, 2.75) is 26.3 Å². The Hall–Kier alpha value is -2.56. The summed E-state index contributed by atoms with van der Waals surface area (Å²) in [6.45, 7) is 2.95. The van der Waals surface area contributed by atoms with Gasteiger partial charge < -0.3 is 15.8 Å². The Morgan fingerprint density at radius 3 is 2.86 bits per heavy atom. The Kier molecular flexibility index (Phi) is 5.77. The van der Waals surface area contributed by atoms with Crippen LogP contribution in [-0.2, 0) is 17.8 Å². The summed E-state index contributed by atoms with van der Waals surface area (Å²) in [6.07, 6.45) is 2.77. The third kappa shape index (κ3) is 4.77. The highest BCUT2D eigenvalue weighted by Crippen LogP contribution is 2.23. The average molecular weight is 299 g/mol. The van der Waals surface area contributed by atoms with E-state index in [0.29, 0.717) is 37.4 Å². The van der Waals surface area contributed by atoms with Crippen molar-refractivity contribution in [2.75, 3.05) is 12.3 Å². The fourth-order valence-electron chi connectivity index (χ4n) is 2.08. The van der Waals surface area contributed by atoms with E-state index < -0.39 is 0 Å². The molecule has 0 aliphatic carbocycles. The minimum Gasteiger partial charge on any atom is -0.492 e. The van der Waals surface area contributed by atoms with Crippen molar-refractivity contribution < 1.29 is 9.53 Å². The van der Waals surface area contributed by atoms with Crippen molar-refractivity contribution in [3.8, 4) is 5.75 Å². The van der Waals surface area contributed by atoms with Crippen LogP contribution in [0.1, 0.15) is 24.6 Å². The lowest BCUT2D eigenvalue weighted by atomic mass is 10.1. The van der Waals surface area contributed by atoms with Gasteiger partial charge in [-0.2, -0.15) is 0 Å². The summed E-state index contributed by atoms with van der Waals surface area (Å²) in [7, 11) is 0. The summed E-state index contributed by atoms with van der Waals surface area (Å²) >= 11 is 0. The van der Waals surface area contributed by atoms with Gasteiger partial charge in [-0.1, -0.05) is 12.1 Å². The van der Waals surface area contributed by atoms with Gasteiger partial charge in [-0.15, -0.1) is 0 Å². The Balaban J connectivity index is 1.80. The maximum absolute atomic E-state index is 11.8. The van der Waals surface area contributed by atoms with Gasteiger partial charge in [0.2, 0.25) is 5.91 Å². The number of nitrogen functional groups attached to an aromatic ring is 1. The van der Waals surface area contributed by atoms with Crippen molar-refractivity contribution >= 4 is 11.6 Å². The molecule has 0 radical (unpaired) electrons.